The molecule has 0 aliphatic carbocycles. The Kier molecular flexibility index (Phi) is 10.1. The van der Waals surface area contributed by atoms with Crippen LogP contribution in [0.25, 0.3) is 0 Å². The summed E-state index contributed by atoms with van der Waals surface area (Å²) < 4.78 is 0. The number of carboxylic acid groups (broad SMARTS) is 2. The number of rotatable bonds is 2. The molecule has 1 aromatic carbocycles. The van der Waals surface area contributed by atoms with Crippen molar-refractivity contribution < 1.29 is 19.8 Å². The zero-order chi connectivity index (χ0) is 18.5. The molecule has 0 atom stereocenters. The van der Waals surface area contributed by atoms with Gasteiger partial charge in [-0.25, -0.2) is 14.6 Å². The first-order chi connectivity index (χ1) is 11.3. The Balaban J connectivity index is 0.000000442. The van der Waals surface area contributed by atoms with Gasteiger partial charge in [-0.3, -0.25) is 0 Å². The van der Waals surface area contributed by atoms with E-state index in [1.165, 1.54) is 30.8 Å². The summed E-state index contributed by atoms with van der Waals surface area (Å²) in [6.07, 6.45) is 2.59. The van der Waals surface area contributed by atoms with E-state index in [2.05, 4.69) is 42.0 Å². The number of aromatic nitrogens is 2. The molecule has 0 saturated carbocycles. The molecule has 24 heavy (non-hydrogen) atoms. The average Bonchev–Trinajstić information content (AvgIpc) is 3.06. The van der Waals surface area contributed by atoms with Gasteiger partial charge in [0, 0.05) is 26.7 Å². The Bertz CT molecular complexity index is 613. The van der Waals surface area contributed by atoms with Gasteiger partial charge >= 0.3 is 12.2 Å². The number of amides is 2. The predicted molar refractivity (Wildman–Crippen MR) is 91.5 cm³/mol. The van der Waals surface area contributed by atoms with Gasteiger partial charge in [-0.2, -0.15) is 0 Å². The third kappa shape index (κ3) is 9.08. The van der Waals surface area contributed by atoms with E-state index in [1.54, 1.807) is 6.33 Å². The molecule has 8 nitrogen and oxygen atoms in total. The topological polar surface area (TPSA) is 127 Å². The highest BCUT2D eigenvalue weighted by molar-refractivity contribution is 5.64. The predicted octanol–water partition coefficient (Wildman–Crippen LogP) is 2.38. The van der Waals surface area contributed by atoms with Crippen LogP contribution in [0.1, 0.15) is 22.4 Å². The number of hydrogen-bond acceptors (Lipinski definition) is 3. The lowest BCUT2D eigenvalue weighted by Gasteiger charge is -2.06. The maximum atomic E-state index is 9.26. The van der Waals surface area contributed by atoms with Gasteiger partial charge in [-0.05, 0) is 30.5 Å². The molecule has 0 unspecified atom stereocenters. The van der Waals surface area contributed by atoms with E-state index in [1.807, 2.05) is 16.8 Å². The fourth-order valence-corrected chi connectivity index (χ4v) is 1.59. The molecular weight excluding hydrogens is 312 g/mol. The normalized spacial score (nSPS) is 8.83. The van der Waals surface area contributed by atoms with Crippen molar-refractivity contribution in [3.05, 3.63) is 53.1 Å². The first-order valence-electron chi connectivity index (χ1n) is 7.15. The van der Waals surface area contributed by atoms with E-state index in [4.69, 9.17) is 10.2 Å². The van der Waals surface area contributed by atoms with E-state index < -0.39 is 12.2 Å². The third-order valence-corrected chi connectivity index (χ3v) is 3.07. The van der Waals surface area contributed by atoms with Crippen LogP contribution in [0.3, 0.4) is 0 Å². The molecule has 0 spiro atoms. The molecular formula is C16H24N4O4. The van der Waals surface area contributed by atoms with Crippen LogP contribution in [0.2, 0.25) is 0 Å². The lowest BCUT2D eigenvalue weighted by molar-refractivity contribution is 0.196. The largest absolute Gasteiger partial charge is 0.465 e. The molecule has 0 fully saturated rings. The number of imidazole rings is 1. The molecule has 5 N–H and O–H groups in total. The molecule has 0 radical (unpaired) electrons. The highest BCUT2D eigenvalue weighted by Crippen LogP contribution is 2.15. The summed E-state index contributed by atoms with van der Waals surface area (Å²) >= 11 is 0. The van der Waals surface area contributed by atoms with Crippen LogP contribution >= 0.6 is 0 Å². The van der Waals surface area contributed by atoms with Crippen LogP contribution in [0.5, 0.6) is 0 Å². The van der Waals surface area contributed by atoms with Gasteiger partial charge in [0.2, 0.25) is 0 Å². The summed E-state index contributed by atoms with van der Waals surface area (Å²) in [4.78, 5) is 25.7. The van der Waals surface area contributed by atoms with Gasteiger partial charge in [0.1, 0.15) is 0 Å². The van der Waals surface area contributed by atoms with Gasteiger partial charge in [-0.15, -0.1) is 0 Å². The Morgan fingerprint density at radius 1 is 1.12 bits per heavy atom. The second-order valence-corrected chi connectivity index (χ2v) is 4.71. The van der Waals surface area contributed by atoms with Crippen molar-refractivity contribution in [2.75, 3.05) is 14.1 Å². The minimum absolute atomic E-state index is 0.914. The van der Waals surface area contributed by atoms with Crippen molar-refractivity contribution in [3.63, 3.8) is 0 Å². The molecule has 132 valence electrons. The summed E-state index contributed by atoms with van der Waals surface area (Å²) in [6, 6.07) is 6.41. The van der Waals surface area contributed by atoms with Crippen LogP contribution in [0.4, 0.5) is 9.59 Å². The molecule has 1 aromatic heterocycles. The van der Waals surface area contributed by atoms with Gasteiger partial charge in [-0.1, -0.05) is 18.2 Å². The number of nitrogens with zero attached hydrogens (tertiary/aromatic N) is 1. The van der Waals surface area contributed by atoms with Gasteiger partial charge in [0.15, 0.2) is 0 Å². The maximum Gasteiger partial charge on any atom is 0.404 e. The summed E-state index contributed by atoms with van der Waals surface area (Å²) in [5.74, 6) is 0. The third-order valence-electron chi connectivity index (χ3n) is 3.07. The minimum Gasteiger partial charge on any atom is -0.465 e. The summed E-state index contributed by atoms with van der Waals surface area (Å²) in [7, 11) is 2.70. The van der Waals surface area contributed by atoms with Crippen LogP contribution < -0.4 is 10.6 Å². The number of hydrogen-bond donors (Lipinski definition) is 5. The lowest BCUT2D eigenvalue weighted by atomic mass is 10.0. The maximum absolute atomic E-state index is 9.26. The zero-order valence-corrected chi connectivity index (χ0v) is 14.3. The van der Waals surface area contributed by atoms with E-state index >= 15 is 0 Å². The van der Waals surface area contributed by atoms with Crippen molar-refractivity contribution in [1.82, 2.24) is 20.6 Å². The van der Waals surface area contributed by atoms with Crippen molar-refractivity contribution in [1.29, 1.82) is 0 Å². The molecule has 2 aromatic rings. The number of aromatic amines is 1. The SMILES string of the molecule is CNC(=O)O.CNC(=O)O.Cc1cccc(Cc2c[nH]cn2)c1C. The molecule has 0 bridgehead atoms. The lowest BCUT2D eigenvalue weighted by Crippen LogP contribution is -2.13. The van der Waals surface area contributed by atoms with E-state index in [0.29, 0.717) is 0 Å². The first kappa shape index (κ1) is 21.0. The van der Waals surface area contributed by atoms with Gasteiger partial charge in [0.25, 0.3) is 0 Å². The monoisotopic (exact) mass is 336 g/mol. The van der Waals surface area contributed by atoms with E-state index in [9.17, 15) is 9.59 Å². The quantitative estimate of drug-likeness (QED) is 0.575. The van der Waals surface area contributed by atoms with Crippen LogP contribution in [0, 0.1) is 13.8 Å². The van der Waals surface area contributed by atoms with E-state index in [0.717, 1.165) is 12.1 Å². The highest BCUT2D eigenvalue weighted by atomic mass is 16.4. The van der Waals surface area contributed by atoms with Crippen molar-refractivity contribution >= 4 is 12.2 Å². The zero-order valence-electron chi connectivity index (χ0n) is 14.3. The fourth-order valence-electron chi connectivity index (χ4n) is 1.59. The van der Waals surface area contributed by atoms with Crippen LogP contribution in [-0.2, 0) is 6.42 Å². The fraction of sp³-hybridized carbons (Fsp3) is 0.312. The summed E-state index contributed by atoms with van der Waals surface area (Å²) in [5.41, 5.74) is 5.17. The smallest absolute Gasteiger partial charge is 0.404 e. The second-order valence-electron chi connectivity index (χ2n) is 4.71. The minimum atomic E-state index is -0.995. The van der Waals surface area contributed by atoms with Crippen molar-refractivity contribution in [2.24, 2.45) is 0 Å². The summed E-state index contributed by atoms with van der Waals surface area (Å²) in [6.45, 7) is 4.31. The standard InChI is InChI=1S/C12H14N2.2C2H5NO2/c1-9-4-3-5-11(10(9)2)6-12-7-13-8-14-12;2*1-3-2(4)5/h3-5,7-8H,6H2,1-2H3,(H,13,14);2*3H,1H3,(H,4,5). The van der Waals surface area contributed by atoms with Gasteiger partial charge < -0.3 is 25.8 Å². The number of aryl methyl sites for hydroxylation is 1. The molecule has 0 aliphatic heterocycles. The average molecular weight is 336 g/mol. The Labute approximate surface area is 140 Å². The molecule has 1 heterocycles. The molecule has 2 amide bonds. The number of nitrogens with one attached hydrogen (secondary N) is 3. The number of carbonyl (C=O) groups is 2. The Morgan fingerprint density at radius 3 is 2.08 bits per heavy atom. The second kappa shape index (κ2) is 11.5. The van der Waals surface area contributed by atoms with Crippen LogP contribution in [0.15, 0.2) is 30.7 Å². The molecule has 0 saturated heterocycles. The Morgan fingerprint density at radius 2 is 1.67 bits per heavy atom. The number of H-pyrrole nitrogens is 1. The molecule has 0 aliphatic rings. The van der Waals surface area contributed by atoms with E-state index in [-0.39, 0.29) is 0 Å². The highest BCUT2D eigenvalue weighted by Gasteiger charge is 2.02. The van der Waals surface area contributed by atoms with Crippen LogP contribution in [-0.4, -0.2) is 46.5 Å². The molecule has 2 rings (SSSR count). The van der Waals surface area contributed by atoms with Crippen molar-refractivity contribution in [2.45, 2.75) is 20.3 Å². The summed E-state index contributed by atoms with van der Waals surface area (Å²) in [5, 5.41) is 19.1. The first-order valence-corrected chi connectivity index (χ1v) is 7.15. The van der Waals surface area contributed by atoms with Gasteiger partial charge in [0.05, 0.1) is 12.0 Å². The Hall–Kier alpha value is -3.03. The number of benzene rings is 1. The van der Waals surface area contributed by atoms with Crippen molar-refractivity contribution in [3.8, 4) is 0 Å². The molecule has 8 heteroatoms.